The largest absolute Gasteiger partial charge is 0.508 e. The lowest BCUT2D eigenvalue weighted by Gasteiger charge is -2.23. The maximum absolute atomic E-state index is 12.8. The Labute approximate surface area is 160 Å². The Kier molecular flexibility index (Phi) is 5.63. The van der Waals surface area contributed by atoms with Crippen LogP contribution in [-0.2, 0) is 13.1 Å². The van der Waals surface area contributed by atoms with Gasteiger partial charge in [-0.25, -0.2) is 4.79 Å². The summed E-state index contributed by atoms with van der Waals surface area (Å²) < 4.78 is 6.30. The van der Waals surface area contributed by atoms with Gasteiger partial charge in [-0.15, -0.1) is 0 Å². The average molecular weight is 415 g/mol. The van der Waals surface area contributed by atoms with E-state index in [1.54, 1.807) is 35.4 Å². The van der Waals surface area contributed by atoms with Crippen molar-refractivity contribution in [2.24, 2.45) is 0 Å². The predicted octanol–water partition coefficient (Wildman–Crippen LogP) is 5.29. The SMILES string of the molecule is Cc1ccc(NC(=O)N(Cc2ccco2)Cc2ccccc2O)cc1Br. The highest BCUT2D eigenvalue weighted by molar-refractivity contribution is 9.10. The standard InChI is InChI=1S/C20H19BrN2O3/c1-14-8-9-16(11-18(14)21)22-20(25)23(13-17-6-4-10-26-17)12-15-5-2-3-7-19(15)24/h2-11,24H,12-13H2,1H3,(H,22,25). The van der Waals surface area contributed by atoms with E-state index < -0.39 is 0 Å². The number of hydrogen-bond donors (Lipinski definition) is 2. The van der Waals surface area contributed by atoms with Gasteiger partial charge in [0.05, 0.1) is 19.4 Å². The number of hydrogen-bond acceptors (Lipinski definition) is 3. The predicted molar refractivity (Wildman–Crippen MR) is 104 cm³/mol. The van der Waals surface area contributed by atoms with Crippen LogP contribution in [0.3, 0.4) is 0 Å². The average Bonchev–Trinajstić information content (AvgIpc) is 3.12. The summed E-state index contributed by atoms with van der Waals surface area (Å²) in [7, 11) is 0. The third kappa shape index (κ3) is 4.46. The molecule has 3 rings (SSSR count). The van der Waals surface area contributed by atoms with E-state index >= 15 is 0 Å². The number of amides is 2. The van der Waals surface area contributed by atoms with Gasteiger partial charge in [-0.05, 0) is 42.8 Å². The molecule has 26 heavy (non-hydrogen) atoms. The number of carbonyl (C=O) groups is 1. The second-order valence-electron chi connectivity index (χ2n) is 5.96. The fraction of sp³-hybridized carbons (Fsp3) is 0.150. The van der Waals surface area contributed by atoms with Gasteiger partial charge in [-0.3, -0.25) is 0 Å². The summed E-state index contributed by atoms with van der Waals surface area (Å²) in [5.74, 6) is 0.823. The second-order valence-corrected chi connectivity index (χ2v) is 6.81. The summed E-state index contributed by atoms with van der Waals surface area (Å²) in [5, 5.41) is 12.9. The molecular formula is C20H19BrN2O3. The summed E-state index contributed by atoms with van der Waals surface area (Å²) in [5.41, 5.74) is 2.44. The van der Waals surface area contributed by atoms with Crippen molar-refractivity contribution in [2.45, 2.75) is 20.0 Å². The molecule has 0 radical (unpaired) electrons. The Balaban J connectivity index is 1.80. The van der Waals surface area contributed by atoms with E-state index in [0.29, 0.717) is 23.6 Å². The number of phenols is 1. The van der Waals surface area contributed by atoms with Crippen LogP contribution >= 0.6 is 15.9 Å². The first kappa shape index (κ1) is 18.1. The molecule has 1 aromatic heterocycles. The minimum Gasteiger partial charge on any atom is -0.508 e. The first-order valence-corrected chi connectivity index (χ1v) is 8.93. The number of nitrogens with one attached hydrogen (secondary N) is 1. The first-order valence-electron chi connectivity index (χ1n) is 8.14. The smallest absolute Gasteiger partial charge is 0.322 e. The zero-order chi connectivity index (χ0) is 18.5. The molecule has 3 aromatic rings. The fourth-order valence-corrected chi connectivity index (χ4v) is 2.89. The molecule has 0 saturated carbocycles. The molecule has 5 nitrogen and oxygen atoms in total. The summed E-state index contributed by atoms with van der Waals surface area (Å²) in [6, 6.07) is 15.9. The number of anilines is 1. The third-order valence-electron chi connectivity index (χ3n) is 3.99. The monoisotopic (exact) mass is 414 g/mol. The summed E-state index contributed by atoms with van der Waals surface area (Å²) in [6.45, 7) is 2.53. The molecule has 2 amide bonds. The van der Waals surface area contributed by atoms with Crippen LogP contribution < -0.4 is 5.32 Å². The van der Waals surface area contributed by atoms with Crippen molar-refractivity contribution in [3.63, 3.8) is 0 Å². The Bertz CT molecular complexity index is 894. The van der Waals surface area contributed by atoms with Gasteiger partial charge in [0.15, 0.2) is 0 Å². The van der Waals surface area contributed by atoms with Crippen molar-refractivity contribution in [2.75, 3.05) is 5.32 Å². The molecule has 2 N–H and O–H groups in total. The van der Waals surface area contributed by atoms with Gasteiger partial charge in [-0.1, -0.05) is 40.2 Å². The number of aryl methyl sites for hydroxylation is 1. The molecular weight excluding hydrogens is 396 g/mol. The summed E-state index contributed by atoms with van der Waals surface area (Å²) in [4.78, 5) is 14.4. The molecule has 0 fully saturated rings. The van der Waals surface area contributed by atoms with Crippen LogP contribution in [0.15, 0.2) is 69.8 Å². The lowest BCUT2D eigenvalue weighted by atomic mass is 10.2. The molecule has 134 valence electrons. The van der Waals surface area contributed by atoms with Crippen molar-refractivity contribution in [1.29, 1.82) is 0 Å². The quantitative estimate of drug-likeness (QED) is 0.595. The lowest BCUT2D eigenvalue weighted by Crippen LogP contribution is -2.34. The molecule has 1 heterocycles. The Morgan fingerprint density at radius 2 is 1.96 bits per heavy atom. The van der Waals surface area contributed by atoms with Gasteiger partial charge in [0.2, 0.25) is 0 Å². The van der Waals surface area contributed by atoms with Gasteiger partial charge in [0.1, 0.15) is 11.5 Å². The molecule has 0 saturated heterocycles. The van der Waals surface area contributed by atoms with Crippen molar-refractivity contribution >= 4 is 27.6 Å². The van der Waals surface area contributed by atoms with Gasteiger partial charge in [-0.2, -0.15) is 0 Å². The number of furan rings is 1. The molecule has 0 unspecified atom stereocenters. The van der Waals surface area contributed by atoms with Crippen LogP contribution in [0.4, 0.5) is 10.5 Å². The molecule has 0 aliphatic heterocycles. The van der Waals surface area contributed by atoms with Crippen molar-refractivity contribution in [3.8, 4) is 5.75 Å². The number of phenolic OH excluding ortho intramolecular Hbond substituents is 1. The molecule has 2 aromatic carbocycles. The number of rotatable bonds is 5. The first-order chi connectivity index (χ1) is 12.5. The van der Waals surface area contributed by atoms with E-state index in [1.165, 1.54) is 0 Å². The molecule has 0 spiro atoms. The van der Waals surface area contributed by atoms with Gasteiger partial charge in [0.25, 0.3) is 0 Å². The Morgan fingerprint density at radius 1 is 1.15 bits per heavy atom. The van der Waals surface area contributed by atoms with Crippen molar-refractivity contribution in [1.82, 2.24) is 4.90 Å². The maximum atomic E-state index is 12.8. The third-order valence-corrected chi connectivity index (χ3v) is 4.84. The molecule has 0 bridgehead atoms. The minimum absolute atomic E-state index is 0.155. The van der Waals surface area contributed by atoms with Crippen molar-refractivity contribution in [3.05, 3.63) is 82.2 Å². The van der Waals surface area contributed by atoms with Crippen LogP contribution in [-0.4, -0.2) is 16.0 Å². The highest BCUT2D eigenvalue weighted by Crippen LogP contribution is 2.23. The second kappa shape index (κ2) is 8.10. The molecule has 0 aliphatic rings. The summed E-state index contributed by atoms with van der Waals surface area (Å²) in [6.07, 6.45) is 1.57. The molecule has 0 atom stereocenters. The Hall–Kier alpha value is -2.73. The number of aromatic hydroxyl groups is 1. The molecule has 0 aliphatic carbocycles. The number of para-hydroxylation sites is 1. The van der Waals surface area contributed by atoms with Crippen LogP contribution in [0.25, 0.3) is 0 Å². The topological polar surface area (TPSA) is 65.7 Å². The maximum Gasteiger partial charge on any atom is 0.322 e. The van der Waals surface area contributed by atoms with E-state index in [0.717, 1.165) is 10.0 Å². The van der Waals surface area contributed by atoms with E-state index in [4.69, 9.17) is 4.42 Å². The van der Waals surface area contributed by atoms with E-state index in [-0.39, 0.29) is 18.3 Å². The fourth-order valence-electron chi connectivity index (χ4n) is 2.51. The zero-order valence-corrected chi connectivity index (χ0v) is 15.9. The van der Waals surface area contributed by atoms with Crippen LogP contribution in [0, 0.1) is 6.92 Å². The Morgan fingerprint density at radius 3 is 2.65 bits per heavy atom. The van der Waals surface area contributed by atoms with Gasteiger partial charge in [0, 0.05) is 15.7 Å². The number of carbonyl (C=O) groups excluding carboxylic acids is 1. The van der Waals surface area contributed by atoms with Crippen LogP contribution in [0.1, 0.15) is 16.9 Å². The van der Waals surface area contributed by atoms with Crippen LogP contribution in [0.2, 0.25) is 0 Å². The summed E-state index contributed by atoms with van der Waals surface area (Å²) >= 11 is 3.47. The number of urea groups is 1. The van der Waals surface area contributed by atoms with Gasteiger partial charge < -0.3 is 19.7 Å². The van der Waals surface area contributed by atoms with E-state index in [2.05, 4.69) is 21.2 Å². The normalized spacial score (nSPS) is 10.5. The molecule has 6 heteroatoms. The van der Waals surface area contributed by atoms with Gasteiger partial charge >= 0.3 is 6.03 Å². The number of nitrogens with zero attached hydrogens (tertiary/aromatic N) is 1. The highest BCUT2D eigenvalue weighted by Gasteiger charge is 2.18. The van der Waals surface area contributed by atoms with Crippen molar-refractivity contribution < 1.29 is 14.3 Å². The zero-order valence-electron chi connectivity index (χ0n) is 14.3. The highest BCUT2D eigenvalue weighted by atomic mass is 79.9. The lowest BCUT2D eigenvalue weighted by molar-refractivity contribution is 0.200. The van der Waals surface area contributed by atoms with E-state index in [1.807, 2.05) is 37.3 Å². The van der Waals surface area contributed by atoms with E-state index in [9.17, 15) is 9.90 Å². The number of halogens is 1. The minimum atomic E-state index is -0.277. The number of benzene rings is 2. The van der Waals surface area contributed by atoms with Crippen LogP contribution in [0.5, 0.6) is 5.75 Å².